The van der Waals surface area contributed by atoms with Crippen molar-refractivity contribution in [3.8, 4) is 0 Å². The van der Waals surface area contributed by atoms with E-state index in [1.807, 2.05) is 6.07 Å². The zero-order valence-electron chi connectivity index (χ0n) is 6.57. The largest absolute Gasteiger partial charge is 0.481 e. The number of hydrogen-bond acceptors (Lipinski definition) is 4. The van der Waals surface area contributed by atoms with Gasteiger partial charge in [-0.05, 0) is 12.1 Å². The maximum atomic E-state index is 10.3. The predicted octanol–water partition coefficient (Wildman–Crippen LogP) is 2.25. The first-order valence-electron chi connectivity index (χ1n) is 3.47. The number of nitrogens with two attached hydrogens (primary N) is 1. The molecule has 1 atom stereocenters. The number of hydrogen-bond donors (Lipinski definition) is 2. The molecule has 1 aromatic rings. The van der Waals surface area contributed by atoms with E-state index in [1.165, 1.54) is 23.1 Å². The van der Waals surface area contributed by atoms with Crippen LogP contribution in [0.25, 0.3) is 0 Å². The molecular weight excluding hydrogens is 230 g/mol. The molecule has 0 spiro atoms. The van der Waals surface area contributed by atoms with Crippen molar-refractivity contribution in [2.45, 2.75) is 16.0 Å². The standard InChI is InChI=1S/C7H8ClNO2S2/c8-4-1-2-7(12-4)13-5(9)3-6(10)11/h1-2,5H,3,9H2,(H,10,11). The highest BCUT2D eigenvalue weighted by atomic mass is 35.5. The highest BCUT2D eigenvalue weighted by molar-refractivity contribution is 8.01. The van der Waals surface area contributed by atoms with Crippen LogP contribution < -0.4 is 5.73 Å². The topological polar surface area (TPSA) is 63.3 Å². The van der Waals surface area contributed by atoms with E-state index in [0.717, 1.165) is 4.21 Å². The fourth-order valence-electron chi connectivity index (χ4n) is 0.724. The number of carboxylic acids is 1. The maximum absolute atomic E-state index is 10.3. The van der Waals surface area contributed by atoms with Crippen LogP contribution in [-0.2, 0) is 4.79 Å². The molecule has 0 bridgehead atoms. The average molecular weight is 238 g/mol. The number of thioether (sulfide) groups is 1. The third-order valence-corrected chi connectivity index (χ3v) is 3.59. The summed E-state index contributed by atoms with van der Waals surface area (Å²) in [5, 5.41) is 8.04. The van der Waals surface area contributed by atoms with Crippen LogP contribution in [0.2, 0.25) is 4.34 Å². The second-order valence-corrected chi connectivity index (χ2v) is 5.57. The molecule has 0 saturated heterocycles. The average Bonchev–Trinajstić information content (AvgIpc) is 2.33. The van der Waals surface area contributed by atoms with E-state index < -0.39 is 11.3 Å². The normalized spacial score (nSPS) is 12.8. The number of aliphatic carboxylic acids is 1. The van der Waals surface area contributed by atoms with E-state index in [-0.39, 0.29) is 6.42 Å². The molecule has 3 N–H and O–H groups in total. The molecule has 0 saturated carbocycles. The SMILES string of the molecule is NC(CC(=O)O)Sc1ccc(Cl)s1. The second kappa shape index (κ2) is 4.85. The van der Waals surface area contributed by atoms with Crippen molar-refractivity contribution in [1.82, 2.24) is 0 Å². The predicted molar refractivity (Wildman–Crippen MR) is 55.4 cm³/mol. The van der Waals surface area contributed by atoms with Gasteiger partial charge in [-0.2, -0.15) is 0 Å². The molecule has 1 heterocycles. The summed E-state index contributed by atoms with van der Waals surface area (Å²) < 4.78 is 1.63. The Hall–Kier alpha value is -0.230. The first kappa shape index (κ1) is 10.8. The Morgan fingerprint density at radius 1 is 1.77 bits per heavy atom. The van der Waals surface area contributed by atoms with Crippen molar-refractivity contribution >= 4 is 40.7 Å². The Bertz CT molecular complexity index is 302. The summed E-state index contributed by atoms with van der Waals surface area (Å²) in [7, 11) is 0. The molecule has 1 aromatic heterocycles. The smallest absolute Gasteiger partial charge is 0.305 e. The minimum Gasteiger partial charge on any atom is -0.481 e. The van der Waals surface area contributed by atoms with Crippen LogP contribution in [0.15, 0.2) is 16.3 Å². The van der Waals surface area contributed by atoms with Crippen LogP contribution >= 0.6 is 34.7 Å². The number of thiophene rings is 1. The Morgan fingerprint density at radius 2 is 2.46 bits per heavy atom. The van der Waals surface area contributed by atoms with Crippen LogP contribution in [0.1, 0.15) is 6.42 Å². The molecule has 0 fully saturated rings. The summed E-state index contributed by atoms with van der Waals surface area (Å²) in [5.41, 5.74) is 5.56. The fourth-order valence-corrected chi connectivity index (χ4v) is 3.14. The van der Waals surface area contributed by atoms with E-state index in [0.29, 0.717) is 4.34 Å². The van der Waals surface area contributed by atoms with Gasteiger partial charge >= 0.3 is 5.97 Å². The van der Waals surface area contributed by atoms with Crippen molar-refractivity contribution in [3.05, 3.63) is 16.5 Å². The zero-order valence-corrected chi connectivity index (χ0v) is 8.96. The fraction of sp³-hybridized carbons (Fsp3) is 0.286. The van der Waals surface area contributed by atoms with Gasteiger partial charge in [0.25, 0.3) is 0 Å². The van der Waals surface area contributed by atoms with Gasteiger partial charge in [0, 0.05) is 0 Å². The highest BCUT2D eigenvalue weighted by Gasteiger charge is 2.10. The van der Waals surface area contributed by atoms with Gasteiger partial charge in [-0.15, -0.1) is 11.3 Å². The van der Waals surface area contributed by atoms with Gasteiger partial charge in [0.2, 0.25) is 0 Å². The third-order valence-electron chi connectivity index (χ3n) is 1.19. The van der Waals surface area contributed by atoms with Gasteiger partial charge in [0.05, 0.1) is 20.3 Å². The quantitative estimate of drug-likeness (QED) is 0.623. The summed E-state index contributed by atoms with van der Waals surface area (Å²) in [6.07, 6.45) is -0.0415. The van der Waals surface area contributed by atoms with E-state index in [4.69, 9.17) is 22.4 Å². The summed E-state index contributed by atoms with van der Waals surface area (Å²) in [4.78, 5) is 10.3. The van der Waals surface area contributed by atoms with E-state index in [1.54, 1.807) is 6.07 Å². The molecular formula is C7H8ClNO2S2. The van der Waals surface area contributed by atoms with Crippen LogP contribution in [0, 0.1) is 0 Å². The molecule has 3 nitrogen and oxygen atoms in total. The van der Waals surface area contributed by atoms with Crippen molar-refractivity contribution < 1.29 is 9.90 Å². The molecule has 13 heavy (non-hydrogen) atoms. The number of carboxylic acid groups (broad SMARTS) is 1. The molecule has 1 rings (SSSR count). The van der Waals surface area contributed by atoms with Gasteiger partial charge in [-0.1, -0.05) is 23.4 Å². The third kappa shape index (κ3) is 3.99. The van der Waals surface area contributed by atoms with Crippen LogP contribution in [0.4, 0.5) is 0 Å². The first-order chi connectivity index (χ1) is 6.08. The minimum atomic E-state index is -0.886. The second-order valence-electron chi connectivity index (χ2n) is 2.31. The van der Waals surface area contributed by atoms with Crippen molar-refractivity contribution in [1.29, 1.82) is 0 Å². The summed E-state index contributed by atoms with van der Waals surface area (Å²) >= 11 is 8.42. The zero-order chi connectivity index (χ0) is 9.84. The molecule has 0 aliphatic carbocycles. The molecule has 0 radical (unpaired) electrons. The van der Waals surface area contributed by atoms with Crippen LogP contribution in [0.5, 0.6) is 0 Å². The van der Waals surface area contributed by atoms with Gasteiger partial charge < -0.3 is 10.8 Å². The van der Waals surface area contributed by atoms with E-state index in [9.17, 15) is 4.79 Å². The monoisotopic (exact) mass is 237 g/mol. The van der Waals surface area contributed by atoms with Crippen molar-refractivity contribution in [2.24, 2.45) is 5.73 Å². The molecule has 72 valence electrons. The molecule has 0 aliphatic heterocycles. The molecule has 0 aromatic carbocycles. The van der Waals surface area contributed by atoms with Crippen LogP contribution in [0.3, 0.4) is 0 Å². The Morgan fingerprint density at radius 3 is 2.92 bits per heavy atom. The van der Waals surface area contributed by atoms with Gasteiger partial charge in [0.15, 0.2) is 0 Å². The Kier molecular flexibility index (Phi) is 4.05. The van der Waals surface area contributed by atoms with Crippen molar-refractivity contribution in [2.75, 3.05) is 0 Å². The molecule has 1 unspecified atom stereocenters. The Labute approximate surface area is 88.9 Å². The Balaban J connectivity index is 2.44. The number of rotatable bonds is 4. The summed E-state index contributed by atoms with van der Waals surface area (Å²) in [6, 6.07) is 3.60. The lowest BCUT2D eigenvalue weighted by atomic mass is 10.4. The maximum Gasteiger partial charge on any atom is 0.305 e. The number of carbonyl (C=O) groups is 1. The van der Waals surface area contributed by atoms with Gasteiger partial charge in [-0.3, -0.25) is 4.79 Å². The summed E-state index contributed by atoms with van der Waals surface area (Å²) in [6.45, 7) is 0. The first-order valence-corrected chi connectivity index (χ1v) is 5.54. The van der Waals surface area contributed by atoms with E-state index >= 15 is 0 Å². The lowest BCUT2D eigenvalue weighted by Crippen LogP contribution is -2.19. The molecule has 0 amide bonds. The summed E-state index contributed by atoms with van der Waals surface area (Å²) in [5.74, 6) is -0.886. The van der Waals surface area contributed by atoms with Gasteiger partial charge in [0.1, 0.15) is 0 Å². The number of halogens is 1. The highest BCUT2D eigenvalue weighted by Crippen LogP contribution is 2.32. The van der Waals surface area contributed by atoms with Crippen molar-refractivity contribution in [3.63, 3.8) is 0 Å². The van der Waals surface area contributed by atoms with E-state index in [2.05, 4.69) is 0 Å². The van der Waals surface area contributed by atoms with Gasteiger partial charge in [-0.25, -0.2) is 0 Å². The lowest BCUT2D eigenvalue weighted by molar-refractivity contribution is -0.136. The molecule has 6 heteroatoms. The lowest BCUT2D eigenvalue weighted by Gasteiger charge is -2.05. The minimum absolute atomic E-state index is 0.0415. The molecule has 0 aliphatic rings. The van der Waals surface area contributed by atoms with Crippen LogP contribution in [-0.4, -0.2) is 16.4 Å².